The Morgan fingerprint density at radius 1 is 1.32 bits per heavy atom. The number of aliphatic hydroxyl groups is 1. The van der Waals surface area contributed by atoms with Gasteiger partial charge in [-0.2, -0.15) is 0 Å². The van der Waals surface area contributed by atoms with E-state index in [0.717, 1.165) is 29.8 Å². The van der Waals surface area contributed by atoms with Gasteiger partial charge in [-0.1, -0.05) is 6.42 Å². The van der Waals surface area contributed by atoms with Gasteiger partial charge in [-0.25, -0.2) is 4.98 Å². The van der Waals surface area contributed by atoms with E-state index in [1.54, 1.807) is 24.5 Å². The Balaban J connectivity index is 1.40. The first-order valence-electron chi connectivity index (χ1n) is 8.79. The fraction of sp³-hybridized carbons (Fsp3) is 0.500. The van der Waals surface area contributed by atoms with Crippen molar-refractivity contribution in [2.45, 2.75) is 37.8 Å². The molecule has 2 bridgehead atoms. The van der Waals surface area contributed by atoms with Crippen molar-refractivity contribution < 1.29 is 14.7 Å². The van der Waals surface area contributed by atoms with Gasteiger partial charge in [0.25, 0.3) is 5.91 Å². The van der Waals surface area contributed by atoms with Gasteiger partial charge in [0.1, 0.15) is 6.04 Å². The predicted octanol–water partition coefficient (Wildman–Crippen LogP) is 0.958. The van der Waals surface area contributed by atoms with E-state index in [0.29, 0.717) is 11.5 Å². The number of aromatic nitrogens is 2. The van der Waals surface area contributed by atoms with Crippen LogP contribution in [-0.4, -0.2) is 45.6 Å². The van der Waals surface area contributed by atoms with Crippen LogP contribution in [0.5, 0.6) is 0 Å². The van der Waals surface area contributed by atoms with Gasteiger partial charge < -0.3 is 20.7 Å². The molecule has 0 saturated heterocycles. The fourth-order valence-corrected chi connectivity index (χ4v) is 4.22. The maximum Gasteiger partial charge on any atom is 0.252 e. The number of imidazole rings is 1. The minimum atomic E-state index is -0.941. The van der Waals surface area contributed by atoms with Crippen molar-refractivity contribution >= 4 is 22.8 Å². The topological polar surface area (TPSA) is 107 Å². The second-order valence-corrected chi connectivity index (χ2v) is 7.13. The van der Waals surface area contributed by atoms with Gasteiger partial charge in [-0.05, 0) is 49.3 Å². The molecule has 1 aromatic carbocycles. The predicted molar refractivity (Wildman–Crippen MR) is 91.8 cm³/mol. The number of nitrogens with zero attached hydrogens (tertiary/aromatic N) is 1. The van der Waals surface area contributed by atoms with Crippen LogP contribution in [0.25, 0.3) is 11.0 Å². The second-order valence-electron chi connectivity index (χ2n) is 7.13. The van der Waals surface area contributed by atoms with E-state index in [9.17, 15) is 14.7 Å². The molecule has 2 aliphatic carbocycles. The molecule has 0 spiro atoms. The van der Waals surface area contributed by atoms with Gasteiger partial charge in [0.05, 0.1) is 24.0 Å². The Morgan fingerprint density at radius 3 is 2.92 bits per heavy atom. The molecule has 7 heteroatoms. The number of benzene rings is 1. The molecule has 2 aromatic rings. The number of fused-ring (bicyclic) bond motifs is 3. The molecule has 25 heavy (non-hydrogen) atoms. The molecular formula is C18H22N4O3. The molecule has 4 unspecified atom stereocenters. The van der Waals surface area contributed by atoms with Gasteiger partial charge in [-0.15, -0.1) is 0 Å². The van der Waals surface area contributed by atoms with Gasteiger partial charge in [0.2, 0.25) is 5.91 Å². The number of carbonyl (C=O) groups excluding carboxylic acids is 2. The largest absolute Gasteiger partial charge is 0.394 e. The molecule has 2 amide bonds. The molecule has 4 N–H and O–H groups in total. The maximum absolute atomic E-state index is 12.4. The number of amides is 2. The summed E-state index contributed by atoms with van der Waals surface area (Å²) in [6.45, 7) is -0.426. The smallest absolute Gasteiger partial charge is 0.252 e. The number of aromatic amines is 1. The third kappa shape index (κ3) is 3.11. The average molecular weight is 342 g/mol. The van der Waals surface area contributed by atoms with Crippen LogP contribution in [0.4, 0.5) is 0 Å². The molecule has 2 aliphatic rings. The molecule has 1 heterocycles. The Morgan fingerprint density at radius 2 is 2.20 bits per heavy atom. The van der Waals surface area contributed by atoms with Crippen molar-refractivity contribution in [3.63, 3.8) is 0 Å². The molecule has 0 aliphatic heterocycles. The molecule has 4 atom stereocenters. The number of aliphatic hydroxyl groups excluding tert-OH is 1. The van der Waals surface area contributed by atoms with Crippen molar-refractivity contribution in [2.75, 3.05) is 6.61 Å². The normalized spacial score (nSPS) is 25.9. The molecular weight excluding hydrogens is 320 g/mol. The van der Waals surface area contributed by atoms with Crippen molar-refractivity contribution in [1.82, 2.24) is 20.6 Å². The summed E-state index contributed by atoms with van der Waals surface area (Å²) in [5.74, 6) is 0.569. The number of carbonyl (C=O) groups is 2. The van der Waals surface area contributed by atoms with E-state index in [-0.39, 0.29) is 11.9 Å². The molecule has 2 fully saturated rings. The third-order valence-electron chi connectivity index (χ3n) is 5.55. The van der Waals surface area contributed by atoms with Gasteiger partial charge in [0.15, 0.2) is 0 Å². The highest BCUT2D eigenvalue weighted by atomic mass is 16.3. The highest BCUT2D eigenvalue weighted by molar-refractivity contribution is 5.99. The SMILES string of the molecule is O=C(NC(CO)C(=O)NC1CC2CCC1C2)c1ccc2nc[nH]c2c1. The lowest BCUT2D eigenvalue weighted by molar-refractivity contribution is -0.124. The van der Waals surface area contributed by atoms with E-state index in [1.807, 2.05) is 0 Å². The number of H-pyrrole nitrogens is 1. The summed E-state index contributed by atoms with van der Waals surface area (Å²) >= 11 is 0. The zero-order chi connectivity index (χ0) is 17.4. The minimum Gasteiger partial charge on any atom is -0.394 e. The molecule has 0 radical (unpaired) electrons. The monoisotopic (exact) mass is 342 g/mol. The first kappa shape index (κ1) is 16.1. The number of hydrogen-bond acceptors (Lipinski definition) is 4. The lowest BCUT2D eigenvalue weighted by Gasteiger charge is -2.25. The van der Waals surface area contributed by atoms with Crippen molar-refractivity contribution in [3.8, 4) is 0 Å². The summed E-state index contributed by atoms with van der Waals surface area (Å²) in [7, 11) is 0. The van der Waals surface area contributed by atoms with Crippen LogP contribution in [0, 0.1) is 11.8 Å². The third-order valence-corrected chi connectivity index (χ3v) is 5.55. The van der Waals surface area contributed by atoms with E-state index in [2.05, 4.69) is 20.6 Å². The van der Waals surface area contributed by atoms with E-state index < -0.39 is 18.6 Å². The lowest BCUT2D eigenvalue weighted by Crippen LogP contribution is -2.52. The summed E-state index contributed by atoms with van der Waals surface area (Å²) < 4.78 is 0. The Bertz CT molecular complexity index is 802. The van der Waals surface area contributed by atoms with Crippen LogP contribution in [0.15, 0.2) is 24.5 Å². The standard InChI is InChI=1S/C18H22N4O3/c23-8-16(18(25)21-14-6-10-1-2-11(14)5-10)22-17(24)12-3-4-13-15(7-12)20-9-19-13/h3-4,7,9-11,14,16,23H,1-2,5-6,8H2,(H,19,20)(H,21,25)(H,22,24). The number of rotatable bonds is 5. The Labute approximate surface area is 145 Å². The molecule has 132 valence electrons. The van der Waals surface area contributed by atoms with E-state index >= 15 is 0 Å². The summed E-state index contributed by atoms with van der Waals surface area (Å²) in [6, 6.07) is 4.31. The molecule has 4 rings (SSSR count). The summed E-state index contributed by atoms with van der Waals surface area (Å²) in [4.78, 5) is 31.9. The Kier molecular flexibility index (Phi) is 4.17. The Hall–Kier alpha value is -2.41. The molecule has 1 aromatic heterocycles. The van der Waals surface area contributed by atoms with Crippen LogP contribution in [0.3, 0.4) is 0 Å². The quantitative estimate of drug-likeness (QED) is 0.649. The first-order chi connectivity index (χ1) is 12.1. The van der Waals surface area contributed by atoms with Gasteiger partial charge >= 0.3 is 0 Å². The van der Waals surface area contributed by atoms with Gasteiger partial charge in [-0.3, -0.25) is 9.59 Å². The second kappa shape index (κ2) is 6.48. The lowest BCUT2D eigenvalue weighted by atomic mass is 9.95. The van der Waals surface area contributed by atoms with Crippen molar-refractivity contribution in [2.24, 2.45) is 11.8 Å². The van der Waals surface area contributed by atoms with E-state index in [4.69, 9.17) is 0 Å². The summed E-state index contributed by atoms with van der Waals surface area (Å²) in [5, 5.41) is 15.2. The minimum absolute atomic E-state index is 0.179. The highest BCUT2D eigenvalue weighted by Gasteiger charge is 2.40. The van der Waals surface area contributed by atoms with Crippen LogP contribution in [-0.2, 0) is 4.79 Å². The van der Waals surface area contributed by atoms with Crippen LogP contribution >= 0.6 is 0 Å². The van der Waals surface area contributed by atoms with Crippen molar-refractivity contribution in [1.29, 1.82) is 0 Å². The van der Waals surface area contributed by atoms with Crippen molar-refractivity contribution in [3.05, 3.63) is 30.1 Å². The number of nitrogens with one attached hydrogen (secondary N) is 3. The van der Waals surface area contributed by atoms with Crippen LogP contribution in [0.1, 0.15) is 36.0 Å². The summed E-state index contributed by atoms with van der Waals surface area (Å²) in [5.41, 5.74) is 1.94. The zero-order valence-corrected chi connectivity index (χ0v) is 13.9. The van der Waals surface area contributed by atoms with Gasteiger partial charge in [0, 0.05) is 11.6 Å². The average Bonchev–Trinajstić information content (AvgIpc) is 3.34. The van der Waals surface area contributed by atoms with E-state index in [1.165, 1.54) is 12.8 Å². The molecule has 2 saturated carbocycles. The van der Waals surface area contributed by atoms with Crippen LogP contribution < -0.4 is 10.6 Å². The maximum atomic E-state index is 12.4. The first-order valence-corrected chi connectivity index (χ1v) is 8.79. The molecule has 7 nitrogen and oxygen atoms in total. The zero-order valence-electron chi connectivity index (χ0n) is 13.9. The fourth-order valence-electron chi connectivity index (χ4n) is 4.22. The summed E-state index contributed by atoms with van der Waals surface area (Å²) in [6.07, 6.45) is 6.18. The highest BCUT2D eigenvalue weighted by Crippen LogP contribution is 2.44. The number of hydrogen-bond donors (Lipinski definition) is 4. The van der Waals surface area contributed by atoms with Crippen LogP contribution in [0.2, 0.25) is 0 Å².